The first kappa shape index (κ1) is 16.1. The zero-order valence-electron chi connectivity index (χ0n) is 12.8. The van der Waals surface area contributed by atoms with Crippen LogP contribution in [0.25, 0.3) is 0 Å². The molecule has 3 nitrogen and oxygen atoms in total. The summed E-state index contributed by atoms with van der Waals surface area (Å²) in [7, 11) is 1.87. The molecule has 0 bridgehead atoms. The summed E-state index contributed by atoms with van der Waals surface area (Å²) in [6.07, 6.45) is 0. The van der Waals surface area contributed by atoms with Crippen LogP contribution in [0.5, 0.6) is 0 Å². The third kappa shape index (κ3) is 4.35. The Labute approximate surface area is 135 Å². The maximum Gasteiger partial charge on any atom is 0.141 e. The van der Waals surface area contributed by atoms with Crippen LogP contribution in [-0.4, -0.2) is 17.0 Å². The van der Waals surface area contributed by atoms with Gasteiger partial charge in [-0.25, -0.2) is 9.97 Å². The van der Waals surface area contributed by atoms with Crippen molar-refractivity contribution in [1.82, 2.24) is 9.97 Å². The lowest BCUT2D eigenvalue weighted by molar-refractivity contribution is 0.564. The predicted octanol–water partition coefficient (Wildman–Crippen LogP) is 4.76. The molecule has 0 spiro atoms. The number of rotatable bonds is 4. The average molecular weight is 322 g/mol. The van der Waals surface area contributed by atoms with E-state index in [1.165, 1.54) is 0 Å². The summed E-state index contributed by atoms with van der Waals surface area (Å²) in [4.78, 5) is 10.3. The summed E-state index contributed by atoms with van der Waals surface area (Å²) >= 11 is 7.83. The third-order valence-electron chi connectivity index (χ3n) is 2.99. The summed E-state index contributed by atoms with van der Waals surface area (Å²) < 4.78 is 0. The normalized spacial score (nSPS) is 11.5. The van der Waals surface area contributed by atoms with Crippen LogP contribution < -0.4 is 5.32 Å². The Balaban J connectivity index is 2.22. The highest BCUT2D eigenvalue weighted by Crippen LogP contribution is 2.29. The Morgan fingerprint density at radius 1 is 1.19 bits per heavy atom. The minimum atomic E-state index is -0.00164. The predicted molar refractivity (Wildman–Crippen MR) is 91.3 cm³/mol. The van der Waals surface area contributed by atoms with Crippen LogP contribution in [-0.2, 0) is 11.2 Å². The summed E-state index contributed by atoms with van der Waals surface area (Å²) in [5.74, 6) is 2.36. The second-order valence-electron chi connectivity index (χ2n) is 5.77. The Kier molecular flexibility index (Phi) is 5.12. The van der Waals surface area contributed by atoms with Gasteiger partial charge in [-0.1, -0.05) is 44.5 Å². The van der Waals surface area contributed by atoms with Crippen molar-refractivity contribution < 1.29 is 0 Å². The number of hydrogen-bond donors (Lipinski definition) is 1. The van der Waals surface area contributed by atoms with Gasteiger partial charge in [-0.05, 0) is 12.1 Å². The number of nitrogens with zero attached hydrogens (tertiary/aromatic N) is 2. The van der Waals surface area contributed by atoms with Crippen LogP contribution >= 0.6 is 23.4 Å². The molecule has 2 aromatic rings. The SMILES string of the molecule is CNc1cc(C(C)(C)C)nc(CSc2ccccc2Cl)n1. The van der Waals surface area contributed by atoms with E-state index in [0.717, 1.165) is 27.3 Å². The molecule has 0 fully saturated rings. The minimum absolute atomic E-state index is 0.00164. The van der Waals surface area contributed by atoms with Crippen LogP contribution in [0.15, 0.2) is 35.2 Å². The van der Waals surface area contributed by atoms with Gasteiger partial charge in [-0.15, -0.1) is 11.8 Å². The van der Waals surface area contributed by atoms with Crippen molar-refractivity contribution in [3.8, 4) is 0 Å². The molecule has 0 saturated heterocycles. The first-order valence-electron chi connectivity index (χ1n) is 6.83. The summed E-state index contributed by atoms with van der Waals surface area (Å²) in [6, 6.07) is 9.83. The monoisotopic (exact) mass is 321 g/mol. The second-order valence-corrected chi connectivity index (χ2v) is 7.20. The topological polar surface area (TPSA) is 37.8 Å². The highest BCUT2D eigenvalue weighted by atomic mass is 35.5. The first-order valence-corrected chi connectivity index (χ1v) is 8.20. The molecule has 1 heterocycles. The highest BCUT2D eigenvalue weighted by Gasteiger charge is 2.18. The molecule has 21 heavy (non-hydrogen) atoms. The molecule has 112 valence electrons. The van der Waals surface area contributed by atoms with E-state index < -0.39 is 0 Å². The van der Waals surface area contributed by atoms with Gasteiger partial charge in [-0.3, -0.25) is 0 Å². The Hall–Kier alpha value is -1.26. The maximum absolute atomic E-state index is 6.18. The minimum Gasteiger partial charge on any atom is -0.373 e. The fraction of sp³-hybridized carbons (Fsp3) is 0.375. The fourth-order valence-corrected chi connectivity index (χ4v) is 2.87. The van der Waals surface area contributed by atoms with Crippen molar-refractivity contribution in [1.29, 1.82) is 0 Å². The van der Waals surface area contributed by atoms with Gasteiger partial charge in [0.05, 0.1) is 16.5 Å². The van der Waals surface area contributed by atoms with Gasteiger partial charge >= 0.3 is 0 Å². The Morgan fingerprint density at radius 3 is 2.52 bits per heavy atom. The second kappa shape index (κ2) is 6.67. The molecule has 0 saturated carbocycles. The number of thioether (sulfide) groups is 1. The zero-order valence-corrected chi connectivity index (χ0v) is 14.3. The van der Waals surface area contributed by atoms with Gasteiger partial charge < -0.3 is 5.32 Å². The molecule has 0 aliphatic rings. The van der Waals surface area contributed by atoms with E-state index in [9.17, 15) is 0 Å². The molecule has 1 N–H and O–H groups in total. The van der Waals surface area contributed by atoms with E-state index in [1.807, 2.05) is 37.4 Å². The molecule has 0 aliphatic carbocycles. The van der Waals surface area contributed by atoms with Crippen molar-refractivity contribution >= 4 is 29.2 Å². The number of halogens is 1. The van der Waals surface area contributed by atoms with Crippen LogP contribution in [0.4, 0.5) is 5.82 Å². The molecule has 5 heteroatoms. The first-order chi connectivity index (χ1) is 9.90. The van der Waals surface area contributed by atoms with Gasteiger partial charge in [0.2, 0.25) is 0 Å². The van der Waals surface area contributed by atoms with E-state index in [1.54, 1.807) is 11.8 Å². The number of nitrogens with one attached hydrogen (secondary N) is 1. The van der Waals surface area contributed by atoms with Gasteiger partial charge in [0, 0.05) is 23.4 Å². The van der Waals surface area contributed by atoms with Crippen LogP contribution in [0.2, 0.25) is 5.02 Å². The van der Waals surface area contributed by atoms with E-state index >= 15 is 0 Å². The van der Waals surface area contributed by atoms with Gasteiger partial charge in [0.1, 0.15) is 11.6 Å². The maximum atomic E-state index is 6.18. The number of benzene rings is 1. The standard InChI is InChI=1S/C16H20ClN3S/c1-16(2,3)13-9-14(18-4)20-15(19-13)10-21-12-8-6-5-7-11(12)17/h5-9H,10H2,1-4H3,(H,18,19,20). The molecule has 1 aromatic carbocycles. The van der Waals surface area contributed by atoms with Crippen LogP contribution in [0.3, 0.4) is 0 Å². The number of aromatic nitrogens is 2. The summed E-state index contributed by atoms with van der Waals surface area (Å²) in [5, 5.41) is 3.87. The van der Waals surface area contributed by atoms with Gasteiger partial charge in [-0.2, -0.15) is 0 Å². The smallest absolute Gasteiger partial charge is 0.141 e. The molecular formula is C16H20ClN3S. The molecule has 0 unspecified atom stereocenters. The lowest BCUT2D eigenvalue weighted by atomic mass is 9.92. The van der Waals surface area contributed by atoms with E-state index in [0.29, 0.717) is 5.75 Å². The van der Waals surface area contributed by atoms with Crippen molar-refractivity contribution in [2.24, 2.45) is 0 Å². The molecular weight excluding hydrogens is 302 g/mol. The molecule has 0 radical (unpaired) electrons. The Morgan fingerprint density at radius 2 is 1.90 bits per heavy atom. The summed E-state index contributed by atoms with van der Waals surface area (Å²) in [6.45, 7) is 6.46. The lowest BCUT2D eigenvalue weighted by Crippen LogP contribution is -2.16. The number of anilines is 1. The third-order valence-corrected chi connectivity index (χ3v) is 4.50. The number of hydrogen-bond acceptors (Lipinski definition) is 4. The zero-order chi connectivity index (χ0) is 15.5. The molecule has 2 rings (SSSR count). The van der Waals surface area contributed by atoms with E-state index in [2.05, 4.69) is 36.1 Å². The largest absolute Gasteiger partial charge is 0.373 e. The van der Waals surface area contributed by atoms with E-state index in [4.69, 9.17) is 11.6 Å². The van der Waals surface area contributed by atoms with Gasteiger partial charge in [0.15, 0.2) is 0 Å². The highest BCUT2D eigenvalue weighted by molar-refractivity contribution is 7.98. The van der Waals surface area contributed by atoms with Crippen molar-refractivity contribution in [3.63, 3.8) is 0 Å². The van der Waals surface area contributed by atoms with E-state index in [-0.39, 0.29) is 5.41 Å². The van der Waals surface area contributed by atoms with Crippen molar-refractivity contribution in [2.75, 3.05) is 12.4 Å². The fourth-order valence-electron chi connectivity index (χ4n) is 1.78. The van der Waals surface area contributed by atoms with Gasteiger partial charge in [0.25, 0.3) is 0 Å². The lowest BCUT2D eigenvalue weighted by Gasteiger charge is -2.19. The quantitative estimate of drug-likeness (QED) is 0.824. The van der Waals surface area contributed by atoms with Crippen molar-refractivity contribution in [2.45, 2.75) is 36.8 Å². The average Bonchev–Trinajstić information content (AvgIpc) is 2.45. The molecule has 1 aromatic heterocycles. The van der Waals surface area contributed by atoms with Crippen molar-refractivity contribution in [3.05, 3.63) is 46.9 Å². The molecule has 0 atom stereocenters. The molecule has 0 amide bonds. The summed E-state index contributed by atoms with van der Waals surface area (Å²) in [5.41, 5.74) is 1.04. The van der Waals surface area contributed by atoms with Crippen LogP contribution in [0.1, 0.15) is 32.3 Å². The molecule has 0 aliphatic heterocycles. The van der Waals surface area contributed by atoms with Crippen LogP contribution in [0, 0.1) is 0 Å². The Bertz CT molecular complexity index is 623.